The Labute approximate surface area is 122 Å². The van der Waals surface area contributed by atoms with Crippen molar-refractivity contribution in [3.63, 3.8) is 0 Å². The summed E-state index contributed by atoms with van der Waals surface area (Å²) in [7, 11) is 2.20. The molecule has 0 radical (unpaired) electrons. The molecule has 4 heteroatoms. The smallest absolute Gasteiger partial charge is 0.213 e. The summed E-state index contributed by atoms with van der Waals surface area (Å²) in [6, 6.07) is 4.77. The van der Waals surface area contributed by atoms with E-state index < -0.39 is 0 Å². The number of rotatable bonds is 8. The number of hydrogen-bond acceptors (Lipinski definition) is 4. The quantitative estimate of drug-likeness (QED) is 0.741. The maximum atomic E-state index is 5.80. The summed E-state index contributed by atoms with van der Waals surface area (Å²) >= 11 is 0. The Morgan fingerprint density at radius 3 is 3.15 bits per heavy atom. The molecule has 1 fully saturated rings. The fourth-order valence-electron chi connectivity index (χ4n) is 2.69. The summed E-state index contributed by atoms with van der Waals surface area (Å²) in [5, 5.41) is 3.40. The lowest BCUT2D eigenvalue weighted by molar-refractivity contribution is 0.228. The first-order valence-corrected chi connectivity index (χ1v) is 7.78. The van der Waals surface area contributed by atoms with Gasteiger partial charge in [0.05, 0.1) is 6.61 Å². The molecule has 1 unspecified atom stereocenters. The van der Waals surface area contributed by atoms with Gasteiger partial charge in [0.1, 0.15) is 0 Å². The molecule has 4 nitrogen and oxygen atoms in total. The lowest BCUT2D eigenvalue weighted by Crippen LogP contribution is -2.26. The molecule has 2 rings (SSSR count). The number of ether oxygens (including phenoxy) is 1. The van der Waals surface area contributed by atoms with Crippen LogP contribution in [0.3, 0.4) is 0 Å². The summed E-state index contributed by atoms with van der Waals surface area (Å²) in [5.74, 6) is 0.751. The minimum atomic E-state index is 0.685. The van der Waals surface area contributed by atoms with E-state index in [9.17, 15) is 0 Å². The van der Waals surface area contributed by atoms with Crippen molar-refractivity contribution in [2.45, 2.75) is 45.2 Å². The number of pyridine rings is 1. The molecule has 0 aliphatic carbocycles. The molecule has 0 aromatic carbocycles. The highest BCUT2D eigenvalue weighted by Gasteiger charge is 2.20. The van der Waals surface area contributed by atoms with E-state index in [1.54, 1.807) is 0 Å². The van der Waals surface area contributed by atoms with Gasteiger partial charge in [-0.15, -0.1) is 0 Å². The van der Waals surface area contributed by atoms with E-state index >= 15 is 0 Å². The first-order valence-electron chi connectivity index (χ1n) is 7.78. The van der Waals surface area contributed by atoms with Gasteiger partial charge in [0.2, 0.25) is 5.88 Å². The van der Waals surface area contributed by atoms with E-state index in [-0.39, 0.29) is 0 Å². The zero-order chi connectivity index (χ0) is 14.2. The summed E-state index contributed by atoms with van der Waals surface area (Å²) in [4.78, 5) is 6.72. The minimum Gasteiger partial charge on any atom is -0.478 e. The molecule has 1 saturated heterocycles. The van der Waals surface area contributed by atoms with Crippen LogP contribution < -0.4 is 10.1 Å². The molecule has 20 heavy (non-hydrogen) atoms. The van der Waals surface area contributed by atoms with Gasteiger partial charge in [0, 0.05) is 24.8 Å². The van der Waals surface area contributed by atoms with Crippen molar-refractivity contribution in [3.05, 3.63) is 23.9 Å². The van der Waals surface area contributed by atoms with Crippen LogP contribution in [-0.2, 0) is 6.54 Å². The predicted molar refractivity (Wildman–Crippen MR) is 82.0 cm³/mol. The molecular formula is C16H27N3O. The van der Waals surface area contributed by atoms with Crippen molar-refractivity contribution in [2.75, 3.05) is 26.7 Å². The van der Waals surface area contributed by atoms with Crippen LogP contribution in [0.2, 0.25) is 0 Å². The van der Waals surface area contributed by atoms with E-state index in [0.717, 1.165) is 38.4 Å². The molecule has 0 amide bonds. The van der Waals surface area contributed by atoms with Gasteiger partial charge in [-0.3, -0.25) is 0 Å². The second-order valence-corrected chi connectivity index (χ2v) is 5.59. The molecule has 0 saturated carbocycles. The molecule has 1 aliphatic heterocycles. The molecule has 112 valence electrons. The standard InChI is InChI=1S/C16H27N3O/c1-3-8-17-13-14-6-9-18-16(12-14)20-11-7-15-5-4-10-19(15)2/h6,9,12,15,17H,3-5,7-8,10-11,13H2,1-2H3. The number of nitrogens with zero attached hydrogens (tertiary/aromatic N) is 2. The van der Waals surface area contributed by atoms with Gasteiger partial charge in [-0.2, -0.15) is 0 Å². The van der Waals surface area contributed by atoms with Crippen molar-refractivity contribution in [1.29, 1.82) is 0 Å². The van der Waals surface area contributed by atoms with E-state index in [0.29, 0.717) is 6.04 Å². The Balaban J connectivity index is 1.73. The lowest BCUT2D eigenvalue weighted by atomic mass is 10.1. The fraction of sp³-hybridized carbons (Fsp3) is 0.688. The molecule has 2 heterocycles. The molecule has 1 atom stereocenters. The van der Waals surface area contributed by atoms with E-state index in [4.69, 9.17) is 4.74 Å². The zero-order valence-electron chi connectivity index (χ0n) is 12.8. The molecule has 1 aromatic rings. The van der Waals surface area contributed by atoms with E-state index in [1.165, 1.54) is 24.9 Å². The second kappa shape index (κ2) is 8.22. The molecule has 0 spiro atoms. The highest BCUT2D eigenvalue weighted by molar-refractivity contribution is 5.20. The van der Waals surface area contributed by atoms with Gasteiger partial charge in [-0.25, -0.2) is 4.98 Å². The van der Waals surface area contributed by atoms with Crippen LogP contribution in [0.5, 0.6) is 5.88 Å². The molecule has 1 aromatic heterocycles. The lowest BCUT2D eigenvalue weighted by Gasteiger charge is -2.19. The Morgan fingerprint density at radius 2 is 2.40 bits per heavy atom. The van der Waals surface area contributed by atoms with Crippen molar-refractivity contribution < 1.29 is 4.74 Å². The Morgan fingerprint density at radius 1 is 1.50 bits per heavy atom. The van der Waals surface area contributed by atoms with Crippen LogP contribution in [0.15, 0.2) is 18.3 Å². The second-order valence-electron chi connectivity index (χ2n) is 5.59. The molecule has 1 aliphatic rings. The van der Waals surface area contributed by atoms with Gasteiger partial charge in [-0.05, 0) is 57.5 Å². The van der Waals surface area contributed by atoms with Crippen LogP contribution >= 0.6 is 0 Å². The van der Waals surface area contributed by atoms with Crippen LogP contribution in [0.25, 0.3) is 0 Å². The molecule has 0 bridgehead atoms. The maximum absolute atomic E-state index is 5.80. The topological polar surface area (TPSA) is 37.4 Å². The van der Waals surface area contributed by atoms with E-state index in [2.05, 4.69) is 29.2 Å². The van der Waals surface area contributed by atoms with E-state index in [1.807, 2.05) is 18.3 Å². The third-order valence-corrected chi connectivity index (χ3v) is 3.93. The summed E-state index contributed by atoms with van der Waals surface area (Å²) < 4.78 is 5.80. The van der Waals surface area contributed by atoms with Gasteiger partial charge in [0.25, 0.3) is 0 Å². The van der Waals surface area contributed by atoms with Gasteiger partial charge >= 0.3 is 0 Å². The summed E-state index contributed by atoms with van der Waals surface area (Å²) in [6.45, 7) is 6.09. The van der Waals surface area contributed by atoms with Gasteiger partial charge in [-0.1, -0.05) is 6.92 Å². The summed E-state index contributed by atoms with van der Waals surface area (Å²) in [6.07, 6.45) is 6.70. The zero-order valence-corrected chi connectivity index (χ0v) is 12.8. The summed E-state index contributed by atoms with van der Waals surface area (Å²) in [5.41, 5.74) is 1.24. The Hall–Kier alpha value is -1.13. The monoisotopic (exact) mass is 277 g/mol. The largest absolute Gasteiger partial charge is 0.478 e. The number of likely N-dealkylation sites (tertiary alicyclic amines) is 1. The molecule has 1 N–H and O–H groups in total. The highest BCUT2D eigenvalue weighted by atomic mass is 16.5. The average Bonchev–Trinajstić information content (AvgIpc) is 2.85. The first kappa shape index (κ1) is 15.3. The third kappa shape index (κ3) is 4.76. The first-order chi connectivity index (χ1) is 9.79. The fourth-order valence-corrected chi connectivity index (χ4v) is 2.69. The highest BCUT2D eigenvalue weighted by Crippen LogP contribution is 2.18. The van der Waals surface area contributed by atoms with Crippen molar-refractivity contribution in [1.82, 2.24) is 15.2 Å². The molecular weight excluding hydrogens is 250 g/mol. The average molecular weight is 277 g/mol. The van der Waals surface area contributed by atoms with Crippen molar-refractivity contribution >= 4 is 0 Å². The van der Waals surface area contributed by atoms with Gasteiger partial charge in [0.15, 0.2) is 0 Å². The predicted octanol–water partition coefficient (Wildman–Crippen LogP) is 2.44. The maximum Gasteiger partial charge on any atom is 0.213 e. The SMILES string of the molecule is CCCNCc1ccnc(OCCC2CCCN2C)c1. The van der Waals surface area contributed by atoms with Crippen molar-refractivity contribution in [2.24, 2.45) is 0 Å². The van der Waals surface area contributed by atoms with Crippen molar-refractivity contribution in [3.8, 4) is 5.88 Å². The number of aromatic nitrogens is 1. The van der Waals surface area contributed by atoms with Gasteiger partial charge < -0.3 is 15.0 Å². The van der Waals surface area contributed by atoms with Crippen LogP contribution in [-0.4, -0.2) is 42.7 Å². The Bertz CT molecular complexity index is 397. The third-order valence-electron chi connectivity index (χ3n) is 3.93. The van der Waals surface area contributed by atoms with Crippen LogP contribution in [0.4, 0.5) is 0 Å². The minimum absolute atomic E-state index is 0.685. The Kier molecular flexibility index (Phi) is 6.27. The normalized spacial score (nSPS) is 19.4. The van der Waals surface area contributed by atoms with Crippen LogP contribution in [0, 0.1) is 0 Å². The van der Waals surface area contributed by atoms with Crippen LogP contribution in [0.1, 0.15) is 38.2 Å². The number of nitrogens with one attached hydrogen (secondary N) is 1. The number of hydrogen-bond donors (Lipinski definition) is 1.